The summed E-state index contributed by atoms with van der Waals surface area (Å²) in [5, 5.41) is 22.1. The van der Waals surface area contributed by atoms with Crippen molar-refractivity contribution in [3.05, 3.63) is 268 Å². The summed E-state index contributed by atoms with van der Waals surface area (Å²) in [6.07, 6.45) is 0. The molecule has 0 aliphatic carbocycles. The highest BCUT2D eigenvalue weighted by Gasteiger charge is 2.25. The topological polar surface area (TPSA) is 588 Å². The van der Waals surface area contributed by atoms with E-state index in [2.05, 4.69) is 47.9 Å². The van der Waals surface area contributed by atoms with Gasteiger partial charge in [-0.2, -0.15) is 50.5 Å². The Balaban J connectivity index is 1.06. The molecule has 0 bridgehead atoms. The minimum absolute atomic E-state index is 0.0769. The lowest BCUT2D eigenvalue weighted by molar-refractivity contribution is 0.1000. The van der Waals surface area contributed by atoms with E-state index < -0.39 is 210 Å². The first kappa shape index (κ1) is 80.4. The van der Waals surface area contributed by atoms with Crippen LogP contribution in [-0.4, -0.2) is 131 Å². The fourth-order valence-electron chi connectivity index (χ4n) is 10.00. The first-order valence-electron chi connectivity index (χ1n) is 30.8. The zero-order valence-electron chi connectivity index (χ0n) is 55.5. The van der Waals surface area contributed by atoms with Gasteiger partial charge < -0.3 is 47.9 Å². The molecule has 10 aromatic carbocycles. The maximum Gasteiger partial charge on any atom is 0.294 e. The van der Waals surface area contributed by atoms with Crippen molar-refractivity contribution in [3.8, 4) is 0 Å². The standard InChI is InChI=1S/C69H51N9O27S6/c79-61(76-52-31-40(64(82)70-46-1-13-55(14-2-46)106(88,89)90)28-41(32-52)65(83)71-47-3-15-56(16-4-47)107(91,92)93)37-25-38(62(80)77-53-33-42(66(84)72-48-5-17-57(18-6-48)108(94,95)96)29-43(34-53)67(85)73-49-7-19-58(20-8-49)109(97,98)99)27-39(26-37)63(81)78-54-35-44(68(86)74-50-9-21-59(22-10-50)110(100,101)102)30-45(36-54)69(87)75-51-11-23-60(24-12-51)111(103,104)105/h1-36H,(H,70,82)(H,71,83)(H,72,84)(H,73,85)(H,74,86)(H,75,87)(H,76,79)(H,77,80)(H,78,81)(H,88,89,90)(H,91,92,93)(H,94,95,96)(H,97,98,99)(H,100,101,102)(H,103,104,105). The van der Waals surface area contributed by atoms with Gasteiger partial charge in [0.2, 0.25) is 0 Å². The number of nitrogens with one attached hydrogen (secondary N) is 9. The number of anilines is 9. The average Bonchev–Trinajstić information content (AvgIpc) is 0.802. The van der Waals surface area contributed by atoms with Crippen LogP contribution in [-0.2, 0) is 60.7 Å². The smallest absolute Gasteiger partial charge is 0.294 e. The minimum atomic E-state index is -4.71. The Labute approximate surface area is 627 Å². The van der Waals surface area contributed by atoms with Crippen LogP contribution in [0.3, 0.4) is 0 Å². The number of amides is 9. The highest BCUT2D eigenvalue weighted by Crippen LogP contribution is 2.28. The Morgan fingerprint density at radius 3 is 0.369 bits per heavy atom. The van der Waals surface area contributed by atoms with E-state index in [-0.39, 0.29) is 34.1 Å². The Kier molecular flexibility index (Phi) is 23.2. The molecule has 0 spiro atoms. The summed E-state index contributed by atoms with van der Waals surface area (Å²) in [5.74, 6) is -10.00. The summed E-state index contributed by atoms with van der Waals surface area (Å²) in [6, 6.07) is 36.0. The SMILES string of the molecule is O=C(Nc1ccc(S(=O)(=O)O)cc1)c1cc(NC(=O)c2cc(C(=O)Nc3cc(C(=O)Nc4ccc(S(=O)(=O)O)cc4)cc(C(=O)Nc4ccc(S(=O)(=O)O)cc4)c3)cc(C(=O)Nc3cc(C(=O)Nc4ccc(S(=O)(=O)O)cc4)cc(C(=O)Nc4ccc(S(=O)(=O)O)cc4)c3)c2)cc(C(=O)Nc2ccc(S(=O)(=O)O)cc2)c1. The number of rotatable bonds is 24. The number of carbonyl (C=O) groups is 9. The zero-order chi connectivity index (χ0) is 80.9. The van der Waals surface area contributed by atoms with E-state index in [0.717, 1.165) is 218 Å². The fourth-order valence-corrected chi connectivity index (χ4v) is 12.9. The second-order valence-electron chi connectivity index (χ2n) is 23.3. The van der Waals surface area contributed by atoms with E-state index in [1.807, 2.05) is 0 Å². The van der Waals surface area contributed by atoms with Gasteiger partial charge in [0.15, 0.2) is 0 Å². The summed E-state index contributed by atoms with van der Waals surface area (Å²) in [7, 11) is -28.3. The second kappa shape index (κ2) is 32.0. The largest absolute Gasteiger partial charge is 0.322 e. The number of hydrogen-bond donors (Lipinski definition) is 15. The fraction of sp³-hybridized carbons (Fsp3) is 0. The van der Waals surface area contributed by atoms with E-state index in [0.29, 0.717) is 0 Å². The summed E-state index contributed by atoms with van der Waals surface area (Å²) in [5.41, 5.74) is -6.10. The Bertz CT molecular complexity index is 5320. The zero-order valence-corrected chi connectivity index (χ0v) is 60.4. The van der Waals surface area contributed by atoms with E-state index in [1.165, 1.54) is 0 Å². The van der Waals surface area contributed by atoms with Gasteiger partial charge in [-0.1, -0.05) is 0 Å². The van der Waals surface area contributed by atoms with Gasteiger partial charge in [0.1, 0.15) is 0 Å². The van der Waals surface area contributed by atoms with E-state index in [9.17, 15) is 121 Å². The molecule has 42 heteroatoms. The molecule has 0 aliphatic heterocycles. The van der Waals surface area contributed by atoms with Crippen LogP contribution in [0.2, 0.25) is 0 Å². The Morgan fingerprint density at radius 1 is 0.162 bits per heavy atom. The number of hydrogen-bond acceptors (Lipinski definition) is 21. The molecule has 10 aromatic rings. The van der Waals surface area contributed by atoms with Crippen LogP contribution >= 0.6 is 0 Å². The minimum Gasteiger partial charge on any atom is -0.322 e. The van der Waals surface area contributed by atoms with Crippen LogP contribution in [0.1, 0.15) is 93.2 Å². The van der Waals surface area contributed by atoms with E-state index in [4.69, 9.17) is 0 Å². The Morgan fingerprint density at radius 2 is 0.261 bits per heavy atom. The first-order chi connectivity index (χ1) is 51.9. The lowest BCUT2D eigenvalue weighted by Crippen LogP contribution is -2.21. The normalized spacial score (nSPS) is 11.7. The van der Waals surface area contributed by atoms with Crippen LogP contribution < -0.4 is 47.9 Å². The van der Waals surface area contributed by atoms with Gasteiger partial charge in [0.05, 0.1) is 29.4 Å². The molecule has 570 valence electrons. The summed E-state index contributed by atoms with van der Waals surface area (Å²) >= 11 is 0. The molecule has 0 aliphatic rings. The van der Waals surface area contributed by atoms with Gasteiger partial charge in [0, 0.05) is 101 Å². The van der Waals surface area contributed by atoms with Crippen LogP contribution in [0.5, 0.6) is 0 Å². The summed E-state index contributed by atoms with van der Waals surface area (Å²) < 4.78 is 199. The molecule has 36 nitrogen and oxygen atoms in total. The van der Waals surface area contributed by atoms with Crippen molar-refractivity contribution in [3.63, 3.8) is 0 Å². The molecule has 111 heavy (non-hydrogen) atoms. The van der Waals surface area contributed by atoms with E-state index >= 15 is 0 Å². The lowest BCUT2D eigenvalue weighted by Gasteiger charge is -2.15. The van der Waals surface area contributed by atoms with Crippen LogP contribution in [0.25, 0.3) is 0 Å². The molecule has 0 aromatic heterocycles. The molecular weight excluding hydrogens is 1580 g/mol. The third-order valence-corrected chi connectivity index (χ3v) is 20.5. The molecule has 9 amide bonds. The van der Waals surface area contributed by atoms with Crippen molar-refractivity contribution in [1.82, 2.24) is 0 Å². The third-order valence-electron chi connectivity index (χ3n) is 15.3. The molecule has 0 atom stereocenters. The Hall–Kier alpha value is -13.1. The van der Waals surface area contributed by atoms with Gasteiger partial charge in [-0.25, -0.2) is 0 Å². The molecule has 10 rings (SSSR count). The van der Waals surface area contributed by atoms with Gasteiger partial charge in [-0.05, 0) is 218 Å². The van der Waals surface area contributed by atoms with Crippen molar-refractivity contribution in [2.45, 2.75) is 29.4 Å². The van der Waals surface area contributed by atoms with Gasteiger partial charge in [-0.15, -0.1) is 0 Å². The monoisotopic (exact) mass is 1630 g/mol. The highest BCUT2D eigenvalue weighted by atomic mass is 32.2. The van der Waals surface area contributed by atoms with Crippen molar-refractivity contribution in [1.29, 1.82) is 0 Å². The van der Waals surface area contributed by atoms with Crippen molar-refractivity contribution < 1.29 is 121 Å². The quantitative estimate of drug-likeness (QED) is 0.0252. The van der Waals surface area contributed by atoms with Crippen LogP contribution in [0.15, 0.2) is 248 Å². The molecule has 15 N–H and O–H groups in total. The molecule has 0 saturated carbocycles. The van der Waals surface area contributed by atoms with Gasteiger partial charge in [0.25, 0.3) is 114 Å². The van der Waals surface area contributed by atoms with Crippen LogP contribution in [0, 0.1) is 0 Å². The highest BCUT2D eigenvalue weighted by molar-refractivity contribution is 7.87. The predicted octanol–water partition coefficient (Wildman–Crippen LogP) is 8.44. The number of carbonyl (C=O) groups excluding carboxylic acids is 9. The molecule has 0 heterocycles. The van der Waals surface area contributed by atoms with Gasteiger partial charge >= 0.3 is 0 Å². The van der Waals surface area contributed by atoms with Crippen molar-refractivity contribution in [2.75, 3.05) is 47.9 Å². The first-order valence-corrected chi connectivity index (χ1v) is 39.4. The van der Waals surface area contributed by atoms with E-state index in [1.54, 1.807) is 0 Å². The molecule has 0 unspecified atom stereocenters. The molecular formula is C69H51N9O27S6. The van der Waals surface area contributed by atoms with Crippen LogP contribution in [0.4, 0.5) is 51.2 Å². The maximum atomic E-state index is 14.9. The number of benzene rings is 10. The lowest BCUT2D eigenvalue weighted by atomic mass is 10.0. The molecule has 0 saturated heterocycles. The maximum absolute atomic E-state index is 14.9. The molecule has 0 fully saturated rings. The van der Waals surface area contributed by atoms with Gasteiger partial charge in [-0.3, -0.25) is 70.5 Å². The summed E-state index contributed by atoms with van der Waals surface area (Å²) in [4.78, 5) is 126. The summed E-state index contributed by atoms with van der Waals surface area (Å²) in [6.45, 7) is 0. The second-order valence-corrected chi connectivity index (χ2v) is 31.8. The van der Waals surface area contributed by atoms with Crippen molar-refractivity contribution in [2.24, 2.45) is 0 Å². The predicted molar refractivity (Wildman–Crippen MR) is 395 cm³/mol. The third kappa shape index (κ3) is 21.2. The average molecular weight is 1630 g/mol. The van der Waals surface area contributed by atoms with Crippen molar-refractivity contribution >= 4 is 165 Å². The molecule has 0 radical (unpaired) electrons.